The van der Waals surface area contributed by atoms with Gasteiger partial charge in [0.1, 0.15) is 11.5 Å². The molecular formula is C12H21N5O2. The Morgan fingerprint density at radius 3 is 2.53 bits per heavy atom. The summed E-state index contributed by atoms with van der Waals surface area (Å²) in [7, 11) is 3.32. The minimum absolute atomic E-state index is 0.0859. The molecule has 1 aromatic heterocycles. The van der Waals surface area contributed by atoms with E-state index in [0.29, 0.717) is 31.3 Å². The molecular weight excluding hydrogens is 246 g/mol. The Morgan fingerprint density at radius 2 is 1.89 bits per heavy atom. The molecule has 7 heteroatoms. The standard InChI is InChI=1S/C12H21N5O2/c1-18-8-3-6-17(7-9-19-2)12-10(11(13)14)15-4-5-16-12/h4-5H,3,6-9H2,1-2H3,(H3,13,14). The molecule has 19 heavy (non-hydrogen) atoms. The number of aromatic nitrogens is 2. The summed E-state index contributed by atoms with van der Waals surface area (Å²) >= 11 is 0. The molecule has 1 aromatic rings. The maximum atomic E-state index is 7.55. The van der Waals surface area contributed by atoms with Crippen LogP contribution >= 0.6 is 0 Å². The molecule has 0 aliphatic carbocycles. The van der Waals surface area contributed by atoms with Crippen molar-refractivity contribution in [1.29, 1.82) is 5.41 Å². The fraction of sp³-hybridized carbons (Fsp3) is 0.583. The maximum absolute atomic E-state index is 7.55. The van der Waals surface area contributed by atoms with Crippen molar-refractivity contribution in [3.63, 3.8) is 0 Å². The predicted molar refractivity (Wildman–Crippen MR) is 73.6 cm³/mol. The van der Waals surface area contributed by atoms with Crippen LogP contribution in [0.15, 0.2) is 12.4 Å². The fourth-order valence-electron chi connectivity index (χ4n) is 1.68. The molecule has 0 spiro atoms. The summed E-state index contributed by atoms with van der Waals surface area (Å²) in [6, 6.07) is 0. The lowest BCUT2D eigenvalue weighted by molar-refractivity contribution is 0.191. The van der Waals surface area contributed by atoms with Crippen molar-refractivity contribution in [1.82, 2.24) is 9.97 Å². The first kappa shape index (κ1) is 15.3. The van der Waals surface area contributed by atoms with Gasteiger partial charge in [-0.2, -0.15) is 0 Å². The van der Waals surface area contributed by atoms with Crippen molar-refractivity contribution in [3.05, 3.63) is 18.1 Å². The molecule has 106 valence electrons. The van der Waals surface area contributed by atoms with Crippen LogP contribution in [-0.2, 0) is 9.47 Å². The van der Waals surface area contributed by atoms with Crippen LogP contribution in [0.25, 0.3) is 0 Å². The van der Waals surface area contributed by atoms with Crippen molar-refractivity contribution >= 4 is 11.7 Å². The van der Waals surface area contributed by atoms with Gasteiger partial charge in [0.2, 0.25) is 0 Å². The van der Waals surface area contributed by atoms with E-state index in [-0.39, 0.29) is 5.84 Å². The Bertz CT molecular complexity index is 399. The normalized spacial score (nSPS) is 10.4. The van der Waals surface area contributed by atoms with Crippen LogP contribution in [0.2, 0.25) is 0 Å². The number of rotatable bonds is 9. The molecule has 0 aromatic carbocycles. The van der Waals surface area contributed by atoms with Crippen molar-refractivity contribution in [2.75, 3.05) is 45.4 Å². The zero-order valence-corrected chi connectivity index (χ0v) is 11.4. The van der Waals surface area contributed by atoms with E-state index in [4.69, 9.17) is 20.6 Å². The Kier molecular flexibility index (Phi) is 6.76. The third-order valence-corrected chi connectivity index (χ3v) is 2.58. The zero-order chi connectivity index (χ0) is 14.1. The molecule has 1 rings (SSSR count). The van der Waals surface area contributed by atoms with Gasteiger partial charge in [0.25, 0.3) is 0 Å². The quantitative estimate of drug-likeness (QED) is 0.378. The van der Waals surface area contributed by atoms with Gasteiger partial charge in [-0.05, 0) is 6.42 Å². The number of hydrogen-bond acceptors (Lipinski definition) is 6. The number of anilines is 1. The summed E-state index contributed by atoms with van der Waals surface area (Å²) in [6.07, 6.45) is 3.98. The molecule has 0 fully saturated rings. The van der Waals surface area contributed by atoms with Crippen LogP contribution < -0.4 is 10.6 Å². The second-order valence-corrected chi connectivity index (χ2v) is 3.97. The summed E-state index contributed by atoms with van der Waals surface area (Å²) in [5.74, 6) is 0.528. The van der Waals surface area contributed by atoms with Gasteiger partial charge in [-0.1, -0.05) is 0 Å². The number of nitrogen functional groups attached to an aromatic ring is 1. The van der Waals surface area contributed by atoms with Crippen LogP contribution in [-0.4, -0.2) is 56.3 Å². The lowest BCUT2D eigenvalue weighted by Crippen LogP contribution is -2.32. The second-order valence-electron chi connectivity index (χ2n) is 3.97. The minimum Gasteiger partial charge on any atom is -0.385 e. The van der Waals surface area contributed by atoms with Crippen LogP contribution in [0.4, 0.5) is 5.82 Å². The first-order valence-corrected chi connectivity index (χ1v) is 6.09. The smallest absolute Gasteiger partial charge is 0.158 e. The van der Waals surface area contributed by atoms with Crippen LogP contribution in [0, 0.1) is 5.41 Å². The third-order valence-electron chi connectivity index (χ3n) is 2.58. The van der Waals surface area contributed by atoms with Gasteiger partial charge in [0, 0.05) is 46.3 Å². The molecule has 0 aliphatic heterocycles. The summed E-state index contributed by atoms with van der Waals surface area (Å²) in [5.41, 5.74) is 5.93. The van der Waals surface area contributed by atoms with E-state index in [0.717, 1.165) is 13.0 Å². The number of amidine groups is 1. The first-order valence-electron chi connectivity index (χ1n) is 6.09. The lowest BCUT2D eigenvalue weighted by atomic mass is 10.3. The van der Waals surface area contributed by atoms with Crippen LogP contribution in [0.1, 0.15) is 12.1 Å². The molecule has 0 radical (unpaired) electrons. The molecule has 0 amide bonds. The Labute approximate surface area is 113 Å². The molecule has 0 unspecified atom stereocenters. The highest BCUT2D eigenvalue weighted by Crippen LogP contribution is 2.14. The summed E-state index contributed by atoms with van der Waals surface area (Å²) in [4.78, 5) is 10.4. The van der Waals surface area contributed by atoms with Gasteiger partial charge in [0.15, 0.2) is 5.82 Å². The molecule has 3 N–H and O–H groups in total. The molecule has 0 atom stereocenters. The van der Waals surface area contributed by atoms with Crippen LogP contribution in [0.3, 0.4) is 0 Å². The summed E-state index contributed by atoms with van der Waals surface area (Å²) in [5, 5.41) is 7.55. The van der Waals surface area contributed by atoms with Crippen molar-refractivity contribution in [2.24, 2.45) is 5.73 Å². The molecule has 0 bridgehead atoms. The predicted octanol–water partition coefficient (Wildman–Crippen LogP) is 0.250. The summed E-state index contributed by atoms with van der Waals surface area (Å²) < 4.78 is 10.1. The fourth-order valence-corrected chi connectivity index (χ4v) is 1.68. The van der Waals surface area contributed by atoms with Gasteiger partial charge in [-0.3, -0.25) is 5.41 Å². The highest BCUT2D eigenvalue weighted by molar-refractivity contribution is 5.97. The molecule has 1 heterocycles. The van der Waals surface area contributed by atoms with Gasteiger partial charge >= 0.3 is 0 Å². The van der Waals surface area contributed by atoms with Crippen molar-refractivity contribution in [3.8, 4) is 0 Å². The number of nitrogens with zero attached hydrogens (tertiary/aromatic N) is 3. The van der Waals surface area contributed by atoms with Crippen LogP contribution in [0.5, 0.6) is 0 Å². The zero-order valence-electron chi connectivity index (χ0n) is 11.4. The Balaban J connectivity index is 2.85. The number of nitrogens with one attached hydrogen (secondary N) is 1. The molecule has 0 aliphatic rings. The van der Waals surface area contributed by atoms with E-state index in [1.165, 1.54) is 6.20 Å². The van der Waals surface area contributed by atoms with Gasteiger partial charge in [-0.15, -0.1) is 0 Å². The topological polar surface area (TPSA) is 97.4 Å². The van der Waals surface area contributed by atoms with E-state index in [1.54, 1.807) is 20.4 Å². The van der Waals surface area contributed by atoms with E-state index >= 15 is 0 Å². The summed E-state index contributed by atoms with van der Waals surface area (Å²) in [6.45, 7) is 2.65. The number of hydrogen-bond donors (Lipinski definition) is 2. The van der Waals surface area contributed by atoms with Gasteiger partial charge in [-0.25, -0.2) is 9.97 Å². The SMILES string of the molecule is COCCCN(CCOC)c1nccnc1C(=N)N. The van der Waals surface area contributed by atoms with E-state index < -0.39 is 0 Å². The Hall–Kier alpha value is -1.73. The average molecular weight is 267 g/mol. The minimum atomic E-state index is -0.0859. The number of ether oxygens (including phenoxy) is 2. The highest BCUT2D eigenvalue weighted by Gasteiger charge is 2.15. The maximum Gasteiger partial charge on any atom is 0.158 e. The van der Waals surface area contributed by atoms with Crippen molar-refractivity contribution in [2.45, 2.75) is 6.42 Å². The Morgan fingerprint density at radius 1 is 1.21 bits per heavy atom. The monoisotopic (exact) mass is 267 g/mol. The lowest BCUT2D eigenvalue weighted by Gasteiger charge is -2.24. The number of nitrogens with two attached hydrogens (primary N) is 1. The van der Waals surface area contributed by atoms with E-state index in [9.17, 15) is 0 Å². The van der Waals surface area contributed by atoms with Crippen molar-refractivity contribution < 1.29 is 9.47 Å². The highest BCUT2D eigenvalue weighted by atomic mass is 16.5. The van der Waals surface area contributed by atoms with Gasteiger partial charge < -0.3 is 20.1 Å². The molecule has 7 nitrogen and oxygen atoms in total. The number of methoxy groups -OCH3 is 2. The largest absolute Gasteiger partial charge is 0.385 e. The van der Waals surface area contributed by atoms with E-state index in [2.05, 4.69) is 9.97 Å². The molecule has 0 saturated heterocycles. The molecule has 0 saturated carbocycles. The first-order chi connectivity index (χ1) is 9.20. The van der Waals surface area contributed by atoms with Gasteiger partial charge in [0.05, 0.1) is 6.61 Å². The third kappa shape index (κ3) is 4.80. The average Bonchev–Trinajstić information content (AvgIpc) is 2.42. The van der Waals surface area contributed by atoms with E-state index in [1.807, 2.05) is 4.90 Å². The second kappa shape index (κ2) is 8.39.